The molecule has 0 bridgehead atoms. The van der Waals surface area contributed by atoms with E-state index in [1.807, 2.05) is 13.8 Å². The highest BCUT2D eigenvalue weighted by atomic mass is 16.1. The molecule has 0 fully saturated rings. The zero-order valence-corrected chi connectivity index (χ0v) is 14.3. The summed E-state index contributed by atoms with van der Waals surface area (Å²) in [6.07, 6.45) is 4.30. The van der Waals surface area contributed by atoms with Crippen LogP contribution < -0.4 is 0 Å². The minimum Gasteiger partial charge on any atom is -0.294 e. The van der Waals surface area contributed by atoms with Gasteiger partial charge in [-0.15, -0.1) is 0 Å². The number of aliphatic imine (C=N–C) groups is 1. The molecule has 0 unspecified atom stereocenters. The number of benzene rings is 1. The van der Waals surface area contributed by atoms with Crippen molar-refractivity contribution in [2.75, 3.05) is 0 Å². The number of ketones is 1. The fourth-order valence-corrected chi connectivity index (χ4v) is 2.83. The summed E-state index contributed by atoms with van der Waals surface area (Å²) in [6, 6.07) is 6.45. The number of Topliss-reactive ketones (excluding diaryl/α,β-unsaturated/α-hetero) is 1. The van der Waals surface area contributed by atoms with E-state index in [0.29, 0.717) is 12.8 Å². The molecule has 1 aliphatic heterocycles. The van der Waals surface area contributed by atoms with E-state index in [9.17, 15) is 4.79 Å². The summed E-state index contributed by atoms with van der Waals surface area (Å²) in [7, 11) is 0. The van der Waals surface area contributed by atoms with Crippen molar-refractivity contribution in [3.05, 3.63) is 52.2 Å². The van der Waals surface area contributed by atoms with Gasteiger partial charge in [0.15, 0.2) is 5.78 Å². The Balaban J connectivity index is 2.29. The molecule has 2 heteroatoms. The summed E-state index contributed by atoms with van der Waals surface area (Å²) >= 11 is 0. The van der Waals surface area contributed by atoms with Gasteiger partial charge in [-0.25, -0.2) is 0 Å². The third kappa shape index (κ3) is 3.27. The minimum absolute atomic E-state index is 0.246. The minimum atomic E-state index is 0.246. The van der Waals surface area contributed by atoms with Crippen LogP contribution >= 0.6 is 0 Å². The Morgan fingerprint density at radius 2 is 2.05 bits per heavy atom. The SMILES string of the molecule is C/C=C(/C)c1cc(C2=NC(C)=C(C(=O)CCC)C2)ccc1C. The molecule has 0 aliphatic carbocycles. The third-order valence-electron chi connectivity index (χ3n) is 4.33. The zero-order valence-electron chi connectivity index (χ0n) is 14.3. The topological polar surface area (TPSA) is 29.4 Å². The Morgan fingerprint density at radius 3 is 2.68 bits per heavy atom. The van der Waals surface area contributed by atoms with Crippen LogP contribution in [-0.2, 0) is 4.79 Å². The molecule has 1 aromatic rings. The molecule has 0 aromatic heterocycles. The summed E-state index contributed by atoms with van der Waals surface area (Å²) in [4.78, 5) is 16.8. The van der Waals surface area contributed by atoms with Crippen LogP contribution in [0.15, 0.2) is 40.5 Å². The average Bonchev–Trinajstić information content (AvgIpc) is 2.89. The summed E-state index contributed by atoms with van der Waals surface area (Å²) in [6.45, 7) is 10.3. The molecule has 0 atom stereocenters. The lowest BCUT2D eigenvalue weighted by Crippen LogP contribution is -2.06. The fourth-order valence-electron chi connectivity index (χ4n) is 2.83. The quantitative estimate of drug-likeness (QED) is 0.729. The van der Waals surface area contributed by atoms with Gasteiger partial charge >= 0.3 is 0 Å². The Labute approximate surface area is 133 Å². The maximum Gasteiger partial charge on any atom is 0.161 e. The molecule has 1 aliphatic rings. The number of nitrogens with zero attached hydrogens (tertiary/aromatic N) is 1. The van der Waals surface area contributed by atoms with Crippen LogP contribution in [0, 0.1) is 6.92 Å². The molecule has 0 spiro atoms. The highest BCUT2D eigenvalue weighted by Crippen LogP contribution is 2.27. The molecule has 2 rings (SSSR count). The van der Waals surface area contributed by atoms with Crippen molar-refractivity contribution in [2.45, 2.75) is 53.9 Å². The van der Waals surface area contributed by atoms with E-state index in [0.717, 1.165) is 29.0 Å². The van der Waals surface area contributed by atoms with Crippen molar-refractivity contribution < 1.29 is 4.79 Å². The van der Waals surface area contributed by atoms with Crippen molar-refractivity contribution in [2.24, 2.45) is 4.99 Å². The van der Waals surface area contributed by atoms with Crippen molar-refractivity contribution >= 4 is 17.1 Å². The second-order valence-corrected chi connectivity index (χ2v) is 5.97. The summed E-state index contributed by atoms with van der Waals surface area (Å²) < 4.78 is 0. The van der Waals surface area contributed by atoms with Gasteiger partial charge in [0.2, 0.25) is 0 Å². The van der Waals surface area contributed by atoms with Gasteiger partial charge in [-0.05, 0) is 62.4 Å². The summed E-state index contributed by atoms with van der Waals surface area (Å²) in [5.74, 6) is 0.246. The molecule has 0 radical (unpaired) electrons. The van der Waals surface area contributed by atoms with E-state index in [1.54, 1.807) is 0 Å². The van der Waals surface area contributed by atoms with Gasteiger partial charge in [-0.1, -0.05) is 25.1 Å². The molecule has 116 valence electrons. The maximum absolute atomic E-state index is 12.2. The molecule has 2 nitrogen and oxygen atoms in total. The van der Waals surface area contributed by atoms with Crippen LogP contribution in [-0.4, -0.2) is 11.5 Å². The van der Waals surface area contributed by atoms with Gasteiger partial charge in [0.05, 0.1) is 5.71 Å². The van der Waals surface area contributed by atoms with Crippen molar-refractivity contribution in [1.29, 1.82) is 0 Å². The van der Waals surface area contributed by atoms with Gasteiger partial charge < -0.3 is 0 Å². The van der Waals surface area contributed by atoms with E-state index >= 15 is 0 Å². The maximum atomic E-state index is 12.2. The highest BCUT2D eigenvalue weighted by molar-refractivity contribution is 6.11. The van der Waals surface area contributed by atoms with Crippen LogP contribution in [0.2, 0.25) is 0 Å². The first-order chi connectivity index (χ1) is 10.5. The first-order valence-corrected chi connectivity index (χ1v) is 8.02. The van der Waals surface area contributed by atoms with E-state index in [1.165, 1.54) is 16.7 Å². The van der Waals surface area contributed by atoms with Crippen LogP contribution in [0.3, 0.4) is 0 Å². The Hall–Kier alpha value is -1.96. The predicted octanol–water partition coefficient (Wildman–Crippen LogP) is 5.25. The fraction of sp³-hybridized carbons (Fsp3) is 0.400. The smallest absolute Gasteiger partial charge is 0.161 e. The van der Waals surface area contributed by atoms with Crippen molar-refractivity contribution in [1.82, 2.24) is 0 Å². The number of hydrogen-bond donors (Lipinski definition) is 0. The van der Waals surface area contributed by atoms with E-state index in [2.05, 4.69) is 50.0 Å². The lowest BCUT2D eigenvalue weighted by molar-refractivity contribution is -0.115. The van der Waals surface area contributed by atoms with E-state index in [4.69, 9.17) is 0 Å². The van der Waals surface area contributed by atoms with E-state index in [-0.39, 0.29) is 5.78 Å². The van der Waals surface area contributed by atoms with Crippen LogP contribution in [0.1, 0.15) is 63.6 Å². The number of aryl methyl sites for hydroxylation is 1. The van der Waals surface area contributed by atoms with Gasteiger partial charge in [-0.3, -0.25) is 9.79 Å². The lowest BCUT2D eigenvalue weighted by Gasteiger charge is -2.10. The number of rotatable bonds is 5. The van der Waals surface area contributed by atoms with Crippen LogP contribution in [0.4, 0.5) is 0 Å². The van der Waals surface area contributed by atoms with Gasteiger partial charge in [0.25, 0.3) is 0 Å². The zero-order chi connectivity index (χ0) is 16.3. The normalized spacial score (nSPS) is 15.3. The first kappa shape index (κ1) is 16.4. The largest absolute Gasteiger partial charge is 0.294 e. The molecule has 0 amide bonds. The molecule has 1 heterocycles. The third-order valence-corrected chi connectivity index (χ3v) is 4.33. The second kappa shape index (κ2) is 6.87. The van der Waals surface area contributed by atoms with Gasteiger partial charge in [0.1, 0.15) is 0 Å². The van der Waals surface area contributed by atoms with Crippen molar-refractivity contribution in [3.8, 4) is 0 Å². The standard InChI is InChI=1S/C20H25NO/c1-6-8-20(22)18-12-19(21-15(18)5)16-10-9-14(4)17(11-16)13(3)7-2/h7,9-11H,6,8,12H2,1-5H3/b13-7-. The second-order valence-electron chi connectivity index (χ2n) is 5.97. The highest BCUT2D eigenvalue weighted by Gasteiger charge is 2.21. The number of carbonyl (C=O) groups is 1. The molecule has 22 heavy (non-hydrogen) atoms. The van der Waals surface area contributed by atoms with E-state index < -0.39 is 0 Å². The molecule has 0 N–H and O–H groups in total. The Morgan fingerprint density at radius 1 is 1.32 bits per heavy atom. The van der Waals surface area contributed by atoms with Gasteiger partial charge in [0, 0.05) is 24.1 Å². The molecular weight excluding hydrogens is 270 g/mol. The van der Waals surface area contributed by atoms with Crippen molar-refractivity contribution in [3.63, 3.8) is 0 Å². The molecular formula is C20H25NO. The molecule has 0 saturated carbocycles. The first-order valence-electron chi connectivity index (χ1n) is 8.02. The van der Waals surface area contributed by atoms with Gasteiger partial charge in [-0.2, -0.15) is 0 Å². The Kier molecular flexibility index (Phi) is 5.12. The predicted molar refractivity (Wildman–Crippen MR) is 94.3 cm³/mol. The van der Waals surface area contributed by atoms with Crippen LogP contribution in [0.5, 0.6) is 0 Å². The monoisotopic (exact) mass is 295 g/mol. The average molecular weight is 295 g/mol. The lowest BCUT2D eigenvalue weighted by atomic mass is 9.94. The van der Waals surface area contributed by atoms with Crippen LogP contribution in [0.25, 0.3) is 5.57 Å². The molecule has 0 saturated heterocycles. The number of hydrogen-bond acceptors (Lipinski definition) is 2. The Bertz CT molecular complexity index is 690. The summed E-state index contributed by atoms with van der Waals surface area (Å²) in [5.41, 5.74) is 7.71. The summed E-state index contributed by atoms with van der Waals surface area (Å²) in [5, 5.41) is 0. The molecule has 1 aromatic carbocycles. The number of carbonyl (C=O) groups excluding carboxylic acids is 1. The number of allylic oxidation sites excluding steroid dienone is 4.